The number of hydrogen-bond donors (Lipinski definition) is 1. The lowest BCUT2D eigenvalue weighted by molar-refractivity contribution is 0.0721. The minimum atomic E-state index is 0.675. The van der Waals surface area contributed by atoms with Crippen LogP contribution in [0, 0.1) is 0 Å². The average molecular weight is 229 g/mol. The maximum atomic E-state index is 5.33. The highest BCUT2D eigenvalue weighted by Gasteiger charge is 1.92. The van der Waals surface area contributed by atoms with Gasteiger partial charge in [-0.1, -0.05) is 0 Å². The summed E-state index contributed by atoms with van der Waals surface area (Å²) >= 11 is 1.75. The van der Waals surface area contributed by atoms with Gasteiger partial charge in [-0.3, -0.25) is 0 Å². The maximum Gasteiger partial charge on any atom is 0.0700 e. The monoisotopic (exact) mass is 229 g/mol. The van der Waals surface area contributed by atoms with Gasteiger partial charge in [0.15, 0.2) is 0 Å². The summed E-state index contributed by atoms with van der Waals surface area (Å²) < 4.78 is 10.2. The summed E-state index contributed by atoms with van der Waals surface area (Å²) in [5.41, 5.74) is 1.41. The molecular formula is C11H19NO2S. The van der Waals surface area contributed by atoms with E-state index in [0.717, 1.165) is 26.1 Å². The van der Waals surface area contributed by atoms with Crippen molar-refractivity contribution in [3.63, 3.8) is 0 Å². The highest BCUT2D eigenvalue weighted by molar-refractivity contribution is 7.07. The first-order valence-electron chi connectivity index (χ1n) is 5.22. The summed E-state index contributed by atoms with van der Waals surface area (Å²) in [5, 5.41) is 7.64. The fourth-order valence-electron chi connectivity index (χ4n) is 1.18. The van der Waals surface area contributed by atoms with Crippen molar-refractivity contribution in [1.82, 2.24) is 5.32 Å². The van der Waals surface area contributed by atoms with Gasteiger partial charge in [0.1, 0.15) is 0 Å². The summed E-state index contributed by atoms with van der Waals surface area (Å²) in [7, 11) is 1.68. The van der Waals surface area contributed by atoms with Crippen molar-refractivity contribution in [2.75, 3.05) is 40.0 Å². The summed E-state index contributed by atoms with van der Waals surface area (Å²) in [6.45, 7) is 4.04. The van der Waals surface area contributed by atoms with E-state index in [9.17, 15) is 0 Å². The molecule has 0 unspecified atom stereocenters. The van der Waals surface area contributed by atoms with E-state index in [4.69, 9.17) is 9.47 Å². The van der Waals surface area contributed by atoms with Gasteiger partial charge in [-0.05, 0) is 35.4 Å². The number of hydrogen-bond acceptors (Lipinski definition) is 4. The summed E-state index contributed by atoms with van der Waals surface area (Å²) in [5.74, 6) is 0. The van der Waals surface area contributed by atoms with Crippen LogP contribution in [-0.2, 0) is 15.9 Å². The van der Waals surface area contributed by atoms with Gasteiger partial charge in [-0.25, -0.2) is 0 Å². The minimum absolute atomic E-state index is 0.675. The van der Waals surface area contributed by atoms with Crippen LogP contribution in [-0.4, -0.2) is 40.0 Å². The van der Waals surface area contributed by atoms with E-state index >= 15 is 0 Å². The molecule has 3 nitrogen and oxygen atoms in total. The zero-order valence-corrected chi connectivity index (χ0v) is 10.0. The molecular weight excluding hydrogens is 210 g/mol. The van der Waals surface area contributed by atoms with Crippen LogP contribution in [0.4, 0.5) is 0 Å². The van der Waals surface area contributed by atoms with E-state index in [1.165, 1.54) is 5.56 Å². The van der Waals surface area contributed by atoms with Crippen molar-refractivity contribution >= 4 is 11.3 Å². The van der Waals surface area contributed by atoms with Gasteiger partial charge < -0.3 is 14.8 Å². The van der Waals surface area contributed by atoms with Crippen LogP contribution in [0.1, 0.15) is 5.56 Å². The van der Waals surface area contributed by atoms with Crippen LogP contribution < -0.4 is 5.32 Å². The Morgan fingerprint density at radius 2 is 2.20 bits per heavy atom. The first-order valence-corrected chi connectivity index (χ1v) is 6.16. The van der Waals surface area contributed by atoms with E-state index in [1.807, 2.05) is 0 Å². The van der Waals surface area contributed by atoms with Crippen molar-refractivity contribution < 1.29 is 9.47 Å². The molecule has 0 saturated carbocycles. The Labute approximate surface area is 95.4 Å². The zero-order chi connectivity index (χ0) is 10.8. The standard InChI is InChI=1S/C11H19NO2S/c1-13-7-8-14-6-5-12-4-2-11-3-9-15-10-11/h3,9-10,12H,2,4-8H2,1H3. The smallest absolute Gasteiger partial charge is 0.0700 e. The van der Waals surface area contributed by atoms with Crippen LogP contribution in [0.25, 0.3) is 0 Å². The summed E-state index contributed by atoms with van der Waals surface area (Å²) in [6, 6.07) is 2.17. The van der Waals surface area contributed by atoms with Gasteiger partial charge in [-0.15, -0.1) is 0 Å². The van der Waals surface area contributed by atoms with E-state index in [-0.39, 0.29) is 0 Å². The molecule has 0 saturated heterocycles. The van der Waals surface area contributed by atoms with Gasteiger partial charge in [0.2, 0.25) is 0 Å². The molecule has 4 heteroatoms. The second-order valence-electron chi connectivity index (χ2n) is 3.24. The fourth-order valence-corrected chi connectivity index (χ4v) is 1.88. The van der Waals surface area contributed by atoms with E-state index in [2.05, 4.69) is 22.1 Å². The van der Waals surface area contributed by atoms with Crippen LogP contribution in [0.5, 0.6) is 0 Å². The first-order chi connectivity index (χ1) is 7.43. The second-order valence-corrected chi connectivity index (χ2v) is 4.02. The Bertz CT molecular complexity index is 227. The molecule has 0 aliphatic carbocycles. The number of thiophene rings is 1. The normalized spacial score (nSPS) is 10.7. The molecule has 0 bridgehead atoms. The number of nitrogens with one attached hydrogen (secondary N) is 1. The molecule has 0 radical (unpaired) electrons. The van der Waals surface area contributed by atoms with Crippen molar-refractivity contribution in [1.29, 1.82) is 0 Å². The quantitative estimate of drug-likeness (QED) is 0.652. The molecule has 1 heterocycles. The SMILES string of the molecule is COCCOCCNCCc1ccsc1. The highest BCUT2D eigenvalue weighted by atomic mass is 32.1. The molecule has 1 N–H and O–H groups in total. The first kappa shape index (κ1) is 12.6. The molecule has 86 valence electrons. The third-order valence-corrected chi connectivity index (χ3v) is 2.76. The lowest BCUT2D eigenvalue weighted by atomic mass is 10.2. The van der Waals surface area contributed by atoms with E-state index < -0.39 is 0 Å². The third kappa shape index (κ3) is 6.62. The van der Waals surface area contributed by atoms with Crippen LogP contribution >= 0.6 is 11.3 Å². The Morgan fingerprint density at radius 3 is 2.93 bits per heavy atom. The van der Waals surface area contributed by atoms with Crippen LogP contribution in [0.3, 0.4) is 0 Å². The topological polar surface area (TPSA) is 30.5 Å². The van der Waals surface area contributed by atoms with Gasteiger partial charge in [0.05, 0.1) is 19.8 Å². The molecule has 0 amide bonds. The fraction of sp³-hybridized carbons (Fsp3) is 0.636. The van der Waals surface area contributed by atoms with E-state index in [0.29, 0.717) is 13.2 Å². The second kappa shape index (κ2) is 8.85. The van der Waals surface area contributed by atoms with Crippen molar-refractivity contribution in [2.45, 2.75) is 6.42 Å². The number of rotatable bonds is 9. The van der Waals surface area contributed by atoms with Gasteiger partial charge in [-0.2, -0.15) is 11.3 Å². The lowest BCUT2D eigenvalue weighted by Crippen LogP contribution is -2.22. The molecule has 0 atom stereocenters. The van der Waals surface area contributed by atoms with Crippen molar-refractivity contribution in [3.8, 4) is 0 Å². The Hall–Kier alpha value is -0.420. The molecule has 0 fully saturated rings. The Kier molecular flexibility index (Phi) is 7.47. The predicted molar refractivity (Wildman–Crippen MR) is 63.6 cm³/mol. The summed E-state index contributed by atoms with van der Waals surface area (Å²) in [4.78, 5) is 0. The molecule has 0 aliphatic rings. The number of ether oxygens (including phenoxy) is 2. The molecule has 1 rings (SSSR count). The molecule has 0 aromatic carbocycles. The highest BCUT2D eigenvalue weighted by Crippen LogP contribution is 2.05. The molecule has 1 aromatic heterocycles. The molecule has 15 heavy (non-hydrogen) atoms. The van der Waals surface area contributed by atoms with Gasteiger partial charge in [0, 0.05) is 13.7 Å². The van der Waals surface area contributed by atoms with Crippen LogP contribution in [0.15, 0.2) is 16.8 Å². The van der Waals surface area contributed by atoms with Gasteiger partial charge >= 0.3 is 0 Å². The van der Waals surface area contributed by atoms with E-state index in [1.54, 1.807) is 18.4 Å². The average Bonchev–Trinajstić information content (AvgIpc) is 2.75. The Balaban J connectivity index is 1.81. The maximum absolute atomic E-state index is 5.33. The number of methoxy groups -OCH3 is 1. The van der Waals surface area contributed by atoms with Crippen LogP contribution in [0.2, 0.25) is 0 Å². The largest absolute Gasteiger partial charge is 0.382 e. The predicted octanol–water partition coefficient (Wildman–Crippen LogP) is 1.54. The van der Waals surface area contributed by atoms with Crippen molar-refractivity contribution in [3.05, 3.63) is 22.4 Å². The lowest BCUT2D eigenvalue weighted by Gasteiger charge is -2.05. The third-order valence-electron chi connectivity index (χ3n) is 2.03. The molecule has 0 spiro atoms. The molecule has 1 aromatic rings. The van der Waals surface area contributed by atoms with Crippen molar-refractivity contribution in [2.24, 2.45) is 0 Å². The zero-order valence-electron chi connectivity index (χ0n) is 9.20. The minimum Gasteiger partial charge on any atom is -0.382 e. The Morgan fingerprint density at radius 1 is 1.27 bits per heavy atom. The van der Waals surface area contributed by atoms with Gasteiger partial charge in [0.25, 0.3) is 0 Å². The summed E-state index contributed by atoms with van der Waals surface area (Å²) in [6.07, 6.45) is 1.10. The molecule has 0 aliphatic heterocycles.